The van der Waals surface area contributed by atoms with E-state index in [1.165, 1.54) is 0 Å². The van der Waals surface area contributed by atoms with Crippen LogP contribution in [-0.2, 0) is 27.1 Å². The highest BCUT2D eigenvalue weighted by Crippen LogP contribution is 2.33. The molecule has 0 N–H and O–H groups in total. The van der Waals surface area contributed by atoms with Gasteiger partial charge in [-0.1, -0.05) is 38.3 Å². The number of amides is 1. The highest BCUT2D eigenvalue weighted by Gasteiger charge is 2.26. The molecule has 1 saturated heterocycles. The minimum absolute atomic E-state index is 0.0476. The predicted octanol–water partition coefficient (Wildman–Crippen LogP) is 6.38. The summed E-state index contributed by atoms with van der Waals surface area (Å²) in [6.07, 6.45) is 5.27. The summed E-state index contributed by atoms with van der Waals surface area (Å²) in [5.74, 6) is -0.231. The number of carbonyl (C=O) groups is 2. The van der Waals surface area contributed by atoms with Crippen LogP contribution in [0.2, 0.25) is 0 Å². The number of nitrogens with zero attached hydrogens (tertiary/aromatic N) is 3. The van der Waals surface area contributed by atoms with Crippen LogP contribution in [-0.4, -0.2) is 63.0 Å². The molecule has 0 unspecified atom stereocenters. The number of benzene rings is 2. The molecule has 0 saturated carbocycles. The molecule has 7 nitrogen and oxygen atoms in total. The number of hydrogen-bond donors (Lipinski definition) is 0. The van der Waals surface area contributed by atoms with Gasteiger partial charge in [-0.3, -0.25) is 14.6 Å². The first-order valence-corrected chi connectivity index (χ1v) is 15.3. The van der Waals surface area contributed by atoms with Gasteiger partial charge in [0.1, 0.15) is 5.82 Å². The van der Waals surface area contributed by atoms with Gasteiger partial charge in [0, 0.05) is 54.9 Å². The summed E-state index contributed by atoms with van der Waals surface area (Å²) in [5.41, 5.74) is 4.03. The van der Waals surface area contributed by atoms with Crippen molar-refractivity contribution in [2.45, 2.75) is 51.9 Å². The van der Waals surface area contributed by atoms with Crippen molar-refractivity contribution in [1.82, 2.24) is 4.90 Å². The Balaban J connectivity index is 1.13. The summed E-state index contributed by atoms with van der Waals surface area (Å²) in [7, 11) is 0. The van der Waals surface area contributed by atoms with Crippen molar-refractivity contribution in [3.05, 3.63) is 58.7 Å². The van der Waals surface area contributed by atoms with E-state index >= 15 is 0 Å². The van der Waals surface area contributed by atoms with Crippen LogP contribution in [0.3, 0.4) is 0 Å². The highest BCUT2D eigenvalue weighted by molar-refractivity contribution is 7.17. The first kappa shape index (κ1) is 28.4. The van der Waals surface area contributed by atoms with E-state index in [-0.39, 0.29) is 18.5 Å². The number of aryl methyl sites for hydroxylation is 1. The fraction of sp³-hybridized carbons (Fsp3) is 0.484. The van der Waals surface area contributed by atoms with Gasteiger partial charge in [-0.15, -0.1) is 11.3 Å². The van der Waals surface area contributed by atoms with Crippen LogP contribution >= 0.6 is 11.3 Å². The lowest BCUT2D eigenvalue weighted by molar-refractivity contribution is -0.119. The molecule has 5 rings (SSSR count). The van der Waals surface area contributed by atoms with Crippen LogP contribution in [0, 0.1) is 5.82 Å². The molecule has 40 heavy (non-hydrogen) atoms. The van der Waals surface area contributed by atoms with Crippen molar-refractivity contribution >= 4 is 44.9 Å². The van der Waals surface area contributed by atoms with Crippen LogP contribution in [0.5, 0.6) is 0 Å². The molecule has 2 aromatic carbocycles. The smallest absolute Gasteiger partial charge is 0.434 e. The molecule has 9 heteroatoms. The Hall–Kier alpha value is -3.17. The zero-order valence-corrected chi connectivity index (χ0v) is 24.0. The van der Waals surface area contributed by atoms with E-state index in [4.69, 9.17) is 9.47 Å². The first-order chi connectivity index (χ1) is 19.5. The Morgan fingerprint density at radius 2 is 1.82 bits per heavy atom. The van der Waals surface area contributed by atoms with Gasteiger partial charge in [0.15, 0.2) is 6.73 Å². The lowest BCUT2D eigenvalue weighted by atomic mass is 9.98. The molecule has 0 radical (unpaired) electrons. The van der Waals surface area contributed by atoms with Gasteiger partial charge < -0.3 is 14.4 Å². The van der Waals surface area contributed by atoms with Gasteiger partial charge in [-0.25, -0.2) is 9.18 Å². The van der Waals surface area contributed by atoms with Crippen LogP contribution in [0.25, 0.3) is 10.1 Å². The van der Waals surface area contributed by atoms with Crippen LogP contribution in [0.15, 0.2) is 41.8 Å². The second-order valence-corrected chi connectivity index (χ2v) is 11.5. The molecule has 0 atom stereocenters. The number of rotatable bonds is 11. The maximum absolute atomic E-state index is 14.2. The van der Waals surface area contributed by atoms with E-state index in [9.17, 15) is 14.0 Å². The molecule has 2 aliphatic heterocycles. The van der Waals surface area contributed by atoms with E-state index in [0.717, 1.165) is 97.4 Å². The van der Waals surface area contributed by atoms with Crippen molar-refractivity contribution in [2.24, 2.45) is 0 Å². The minimum atomic E-state index is -0.732. The third-order valence-electron chi connectivity index (χ3n) is 7.82. The van der Waals surface area contributed by atoms with Crippen molar-refractivity contribution in [3.63, 3.8) is 0 Å². The molecule has 0 bridgehead atoms. The summed E-state index contributed by atoms with van der Waals surface area (Å²) >= 11 is 1.57. The molecular weight excluding hydrogens is 529 g/mol. The summed E-state index contributed by atoms with van der Waals surface area (Å²) in [5, 5.41) is 3.14. The fourth-order valence-corrected chi connectivity index (χ4v) is 6.34. The van der Waals surface area contributed by atoms with E-state index < -0.39 is 6.16 Å². The molecule has 0 spiro atoms. The maximum Gasteiger partial charge on any atom is 0.510 e. The van der Waals surface area contributed by atoms with Gasteiger partial charge in [0.2, 0.25) is 5.91 Å². The number of ether oxygens (including phenoxy) is 2. The molecule has 2 aliphatic rings. The highest BCUT2D eigenvalue weighted by atomic mass is 32.1. The van der Waals surface area contributed by atoms with Gasteiger partial charge >= 0.3 is 6.16 Å². The van der Waals surface area contributed by atoms with Crippen molar-refractivity contribution in [2.75, 3.05) is 55.9 Å². The SMILES string of the molecule is CCCCCCOC(=O)OCN1C(=O)CCc2ccc(CCN3CCN(c4cc(F)cc5sccc45)CC3)cc21. The summed E-state index contributed by atoms with van der Waals surface area (Å²) in [6, 6.07) is 11.6. The summed E-state index contributed by atoms with van der Waals surface area (Å²) in [4.78, 5) is 31.0. The van der Waals surface area contributed by atoms with Crippen LogP contribution in [0.4, 0.5) is 20.6 Å². The van der Waals surface area contributed by atoms with Crippen LogP contribution < -0.4 is 9.80 Å². The Kier molecular flexibility index (Phi) is 9.54. The van der Waals surface area contributed by atoms with Gasteiger partial charge in [-0.05, 0) is 60.0 Å². The van der Waals surface area contributed by atoms with Gasteiger partial charge in [0.05, 0.1) is 12.3 Å². The number of thiophene rings is 1. The molecule has 1 fully saturated rings. The normalized spacial score (nSPS) is 15.9. The van der Waals surface area contributed by atoms with E-state index in [0.29, 0.717) is 19.4 Å². The number of unbranched alkanes of at least 4 members (excludes halogenated alkanes) is 3. The lowest BCUT2D eigenvalue weighted by Crippen LogP contribution is -2.47. The molecule has 214 valence electrons. The zero-order valence-electron chi connectivity index (χ0n) is 23.2. The lowest BCUT2D eigenvalue weighted by Gasteiger charge is -2.36. The number of anilines is 2. The Bertz CT molecular complexity index is 1320. The van der Waals surface area contributed by atoms with E-state index in [1.807, 2.05) is 5.38 Å². The number of hydrogen-bond acceptors (Lipinski definition) is 7. The monoisotopic (exact) mass is 567 g/mol. The standard InChI is InChI=1S/C31H38FN3O4S/c1-2-3-4-5-17-38-31(37)39-22-35-27-19-23(6-7-24(27)8-9-30(35)36)10-12-33-13-15-34(16-14-33)28-20-25(32)21-29-26(28)11-18-40-29/h6-7,11,18-21H,2-5,8-10,12-17,22H2,1H3. The number of piperazine rings is 1. The number of halogens is 1. The molecule has 3 heterocycles. The topological polar surface area (TPSA) is 62.3 Å². The largest absolute Gasteiger partial charge is 0.510 e. The average Bonchev–Trinajstić information content (AvgIpc) is 3.44. The van der Waals surface area contributed by atoms with Crippen molar-refractivity contribution in [3.8, 4) is 0 Å². The number of carbonyl (C=O) groups excluding carboxylic acids is 2. The van der Waals surface area contributed by atoms with E-state index in [1.54, 1.807) is 28.4 Å². The second-order valence-electron chi connectivity index (χ2n) is 10.6. The van der Waals surface area contributed by atoms with Crippen molar-refractivity contribution < 1.29 is 23.5 Å². The second kappa shape index (κ2) is 13.5. The van der Waals surface area contributed by atoms with Gasteiger partial charge in [-0.2, -0.15) is 0 Å². The molecule has 1 amide bonds. The average molecular weight is 568 g/mol. The Morgan fingerprint density at radius 3 is 2.65 bits per heavy atom. The Morgan fingerprint density at radius 1 is 0.975 bits per heavy atom. The molecular formula is C31H38FN3O4S. The third kappa shape index (κ3) is 6.93. The van der Waals surface area contributed by atoms with Crippen LogP contribution in [0.1, 0.15) is 50.2 Å². The van der Waals surface area contributed by atoms with Gasteiger partial charge in [0.25, 0.3) is 0 Å². The number of fused-ring (bicyclic) bond motifs is 2. The summed E-state index contributed by atoms with van der Waals surface area (Å²) < 4.78 is 25.6. The van der Waals surface area contributed by atoms with Crippen molar-refractivity contribution in [1.29, 1.82) is 0 Å². The molecule has 0 aliphatic carbocycles. The van der Waals surface area contributed by atoms with E-state index in [2.05, 4.69) is 41.0 Å². The Labute approximate surface area is 239 Å². The molecule has 3 aromatic rings. The zero-order chi connectivity index (χ0) is 27.9. The third-order valence-corrected chi connectivity index (χ3v) is 8.69. The quantitative estimate of drug-likeness (QED) is 0.198. The first-order valence-electron chi connectivity index (χ1n) is 14.4. The maximum atomic E-state index is 14.2. The predicted molar refractivity (Wildman–Crippen MR) is 158 cm³/mol. The molecule has 1 aromatic heterocycles. The fourth-order valence-electron chi connectivity index (χ4n) is 5.50. The minimum Gasteiger partial charge on any atom is -0.434 e. The summed E-state index contributed by atoms with van der Waals surface area (Å²) in [6.45, 7) is 6.76.